The van der Waals surface area contributed by atoms with Crippen molar-refractivity contribution in [2.24, 2.45) is 0 Å². The van der Waals surface area contributed by atoms with Crippen molar-refractivity contribution in [3.63, 3.8) is 0 Å². The van der Waals surface area contributed by atoms with Crippen LogP contribution in [0.5, 0.6) is 5.75 Å². The van der Waals surface area contributed by atoms with Gasteiger partial charge in [0.05, 0.1) is 12.0 Å². The van der Waals surface area contributed by atoms with E-state index in [4.69, 9.17) is 0 Å². The maximum atomic E-state index is 12.5. The van der Waals surface area contributed by atoms with Crippen molar-refractivity contribution in [3.8, 4) is 5.75 Å². The number of phenolic OH excluding ortho intramolecular Hbond substituents is 1. The van der Waals surface area contributed by atoms with Crippen LogP contribution < -0.4 is 9.62 Å². The SMILES string of the molecule is COC(=O)c1cc(S(=O)(=O)Nc2ccc(N(C)C(C)=O)cc2)ccc1O. The van der Waals surface area contributed by atoms with Crippen molar-refractivity contribution in [1.29, 1.82) is 0 Å². The molecule has 2 rings (SSSR count). The lowest BCUT2D eigenvalue weighted by Gasteiger charge is -2.15. The predicted octanol–water partition coefficient (Wildman–Crippen LogP) is 1.96. The van der Waals surface area contributed by atoms with Crippen LogP contribution in [0.25, 0.3) is 0 Å². The molecule has 2 N–H and O–H groups in total. The van der Waals surface area contributed by atoms with Crippen LogP contribution >= 0.6 is 0 Å². The summed E-state index contributed by atoms with van der Waals surface area (Å²) < 4.78 is 31.9. The maximum absolute atomic E-state index is 12.5. The van der Waals surface area contributed by atoms with E-state index in [2.05, 4.69) is 9.46 Å². The fourth-order valence-corrected chi connectivity index (χ4v) is 3.19. The number of anilines is 2. The monoisotopic (exact) mass is 378 g/mol. The van der Waals surface area contributed by atoms with Crippen LogP contribution in [0.2, 0.25) is 0 Å². The summed E-state index contributed by atoms with van der Waals surface area (Å²) in [6.45, 7) is 1.42. The highest BCUT2D eigenvalue weighted by atomic mass is 32.2. The Morgan fingerprint density at radius 2 is 1.73 bits per heavy atom. The van der Waals surface area contributed by atoms with Gasteiger partial charge in [-0.3, -0.25) is 9.52 Å². The summed E-state index contributed by atoms with van der Waals surface area (Å²) >= 11 is 0. The minimum Gasteiger partial charge on any atom is -0.507 e. The number of ether oxygens (including phenoxy) is 1. The van der Waals surface area contributed by atoms with Gasteiger partial charge in [0.1, 0.15) is 11.3 Å². The van der Waals surface area contributed by atoms with E-state index in [0.717, 1.165) is 19.2 Å². The zero-order valence-corrected chi connectivity index (χ0v) is 15.2. The first-order chi connectivity index (χ1) is 12.2. The molecule has 0 aliphatic carbocycles. The van der Waals surface area contributed by atoms with Crippen molar-refractivity contribution in [1.82, 2.24) is 0 Å². The van der Waals surface area contributed by atoms with Gasteiger partial charge >= 0.3 is 5.97 Å². The number of rotatable bonds is 5. The van der Waals surface area contributed by atoms with Crippen LogP contribution in [-0.4, -0.2) is 39.6 Å². The van der Waals surface area contributed by atoms with Crippen molar-refractivity contribution in [2.45, 2.75) is 11.8 Å². The summed E-state index contributed by atoms with van der Waals surface area (Å²) in [6.07, 6.45) is 0. The Morgan fingerprint density at radius 3 is 2.27 bits per heavy atom. The normalized spacial score (nSPS) is 10.9. The number of amides is 1. The number of carbonyl (C=O) groups excluding carboxylic acids is 2. The quantitative estimate of drug-likeness (QED) is 0.769. The second-order valence-corrected chi connectivity index (χ2v) is 7.08. The maximum Gasteiger partial charge on any atom is 0.341 e. The highest BCUT2D eigenvalue weighted by Gasteiger charge is 2.20. The molecule has 0 saturated heterocycles. The van der Waals surface area contributed by atoms with Gasteiger partial charge in [-0.2, -0.15) is 0 Å². The van der Waals surface area contributed by atoms with E-state index in [0.29, 0.717) is 5.69 Å². The standard InChI is InChI=1S/C17H18N2O6S/c1-11(20)19(2)13-6-4-12(5-7-13)18-26(23,24)14-8-9-16(21)15(10-14)17(22)25-3/h4-10,18,21H,1-3H3. The van der Waals surface area contributed by atoms with Crippen LogP contribution in [0.4, 0.5) is 11.4 Å². The fourth-order valence-electron chi connectivity index (χ4n) is 2.10. The Kier molecular flexibility index (Phi) is 5.51. The van der Waals surface area contributed by atoms with E-state index < -0.39 is 16.0 Å². The van der Waals surface area contributed by atoms with Crippen LogP contribution in [0.15, 0.2) is 47.4 Å². The number of phenols is 1. The molecule has 9 heteroatoms. The Morgan fingerprint density at radius 1 is 1.12 bits per heavy atom. The van der Waals surface area contributed by atoms with Crippen molar-refractivity contribution >= 4 is 33.3 Å². The first-order valence-corrected chi connectivity index (χ1v) is 8.92. The molecule has 138 valence electrons. The van der Waals surface area contributed by atoms with Gasteiger partial charge in [-0.05, 0) is 42.5 Å². The highest BCUT2D eigenvalue weighted by molar-refractivity contribution is 7.92. The topological polar surface area (TPSA) is 113 Å². The Hall–Kier alpha value is -3.07. The molecule has 2 aromatic carbocycles. The number of carbonyl (C=O) groups is 2. The number of sulfonamides is 1. The number of nitrogens with one attached hydrogen (secondary N) is 1. The summed E-state index contributed by atoms with van der Waals surface area (Å²) in [7, 11) is -1.26. The molecule has 8 nitrogen and oxygen atoms in total. The van der Waals surface area contributed by atoms with Crippen molar-refractivity contribution in [3.05, 3.63) is 48.0 Å². The number of hydrogen-bond donors (Lipinski definition) is 2. The Labute approximate surface area is 151 Å². The number of methoxy groups -OCH3 is 1. The molecule has 0 heterocycles. The molecular formula is C17H18N2O6S. The predicted molar refractivity (Wildman–Crippen MR) is 95.8 cm³/mol. The average molecular weight is 378 g/mol. The molecule has 0 radical (unpaired) electrons. The van der Waals surface area contributed by atoms with Gasteiger partial charge < -0.3 is 14.7 Å². The van der Waals surface area contributed by atoms with Gasteiger partial charge in [-0.25, -0.2) is 13.2 Å². The number of hydrogen-bond acceptors (Lipinski definition) is 6. The van der Waals surface area contributed by atoms with Gasteiger partial charge in [0.25, 0.3) is 10.0 Å². The molecular weight excluding hydrogens is 360 g/mol. The van der Waals surface area contributed by atoms with E-state index in [1.165, 1.54) is 30.0 Å². The minimum absolute atomic E-state index is 0.155. The third-order valence-electron chi connectivity index (χ3n) is 3.66. The molecule has 0 aliphatic rings. The van der Waals surface area contributed by atoms with Crippen LogP contribution in [-0.2, 0) is 19.6 Å². The smallest absolute Gasteiger partial charge is 0.341 e. The third kappa shape index (κ3) is 4.12. The number of benzene rings is 2. The van der Waals surface area contributed by atoms with E-state index in [1.807, 2.05) is 0 Å². The summed E-state index contributed by atoms with van der Waals surface area (Å²) in [5, 5.41) is 9.67. The van der Waals surface area contributed by atoms with E-state index >= 15 is 0 Å². The summed E-state index contributed by atoms with van der Waals surface area (Å²) in [6, 6.07) is 9.50. The van der Waals surface area contributed by atoms with Gasteiger partial charge in [0.15, 0.2) is 0 Å². The van der Waals surface area contributed by atoms with Gasteiger partial charge in [0, 0.05) is 25.3 Å². The summed E-state index contributed by atoms with van der Waals surface area (Å²) in [5.74, 6) is -1.39. The molecule has 0 fully saturated rings. The summed E-state index contributed by atoms with van der Waals surface area (Å²) in [4.78, 5) is 24.1. The second kappa shape index (κ2) is 7.44. The molecule has 0 bridgehead atoms. The first kappa shape index (κ1) is 19.3. The molecule has 1 amide bonds. The Bertz CT molecular complexity index is 938. The third-order valence-corrected chi connectivity index (χ3v) is 5.04. The van der Waals surface area contributed by atoms with Crippen LogP contribution in [0.3, 0.4) is 0 Å². The zero-order chi connectivity index (χ0) is 19.5. The molecule has 0 atom stereocenters. The Balaban J connectivity index is 2.29. The van der Waals surface area contributed by atoms with Gasteiger partial charge in [-0.15, -0.1) is 0 Å². The van der Waals surface area contributed by atoms with Crippen LogP contribution in [0, 0.1) is 0 Å². The van der Waals surface area contributed by atoms with Crippen LogP contribution in [0.1, 0.15) is 17.3 Å². The second-order valence-electron chi connectivity index (χ2n) is 5.40. The summed E-state index contributed by atoms with van der Waals surface area (Å²) in [5.41, 5.74) is 0.630. The number of esters is 1. The lowest BCUT2D eigenvalue weighted by molar-refractivity contribution is -0.116. The zero-order valence-electron chi connectivity index (χ0n) is 14.4. The minimum atomic E-state index is -3.99. The molecule has 0 saturated carbocycles. The number of nitrogens with zero attached hydrogens (tertiary/aromatic N) is 1. The fraction of sp³-hybridized carbons (Fsp3) is 0.176. The van der Waals surface area contributed by atoms with E-state index in [1.54, 1.807) is 19.2 Å². The van der Waals surface area contributed by atoms with E-state index in [9.17, 15) is 23.1 Å². The molecule has 0 spiro atoms. The van der Waals surface area contributed by atoms with Gasteiger partial charge in [0.2, 0.25) is 5.91 Å². The van der Waals surface area contributed by atoms with Crippen molar-refractivity contribution < 1.29 is 27.9 Å². The molecule has 0 unspecified atom stereocenters. The highest BCUT2D eigenvalue weighted by Crippen LogP contribution is 2.24. The molecule has 2 aromatic rings. The largest absolute Gasteiger partial charge is 0.507 e. The average Bonchev–Trinajstić information content (AvgIpc) is 2.60. The first-order valence-electron chi connectivity index (χ1n) is 7.44. The number of aromatic hydroxyl groups is 1. The van der Waals surface area contributed by atoms with E-state index in [-0.39, 0.29) is 27.8 Å². The lowest BCUT2D eigenvalue weighted by Crippen LogP contribution is -2.22. The molecule has 26 heavy (non-hydrogen) atoms. The lowest BCUT2D eigenvalue weighted by atomic mass is 10.2. The van der Waals surface area contributed by atoms with Crippen molar-refractivity contribution in [2.75, 3.05) is 23.8 Å². The molecule has 0 aromatic heterocycles. The molecule has 0 aliphatic heterocycles. The van der Waals surface area contributed by atoms with Gasteiger partial charge in [-0.1, -0.05) is 0 Å².